The number of amidine groups is 1. The monoisotopic (exact) mass is 390 g/mol. The largest absolute Gasteiger partial charge is 0.504 e. The number of aliphatic imine (C=N–C) groups is 1. The van der Waals surface area contributed by atoms with Crippen LogP contribution in [0.15, 0.2) is 34.6 Å². The summed E-state index contributed by atoms with van der Waals surface area (Å²) in [5.74, 6) is 0.0240. The van der Waals surface area contributed by atoms with E-state index >= 15 is 0 Å². The number of phenolic OH excluding ortho intramolecular Hbond substituents is 2. The van der Waals surface area contributed by atoms with Crippen molar-refractivity contribution in [2.45, 2.75) is 43.9 Å². The van der Waals surface area contributed by atoms with Crippen LogP contribution in [-0.4, -0.2) is 32.9 Å². The lowest BCUT2D eigenvalue weighted by Crippen LogP contribution is -2.56. The van der Waals surface area contributed by atoms with Crippen molar-refractivity contribution in [3.8, 4) is 17.2 Å². The first-order chi connectivity index (χ1) is 12.3. The first kappa shape index (κ1) is 17.5. The first-order valence-electron chi connectivity index (χ1n) is 8.52. The number of hydrogen-bond acceptors (Lipinski definition) is 7. The van der Waals surface area contributed by atoms with Gasteiger partial charge in [0, 0.05) is 34.7 Å². The summed E-state index contributed by atoms with van der Waals surface area (Å²) < 4.78 is 6.32. The molecule has 26 heavy (non-hydrogen) atoms. The van der Waals surface area contributed by atoms with Gasteiger partial charge in [0.15, 0.2) is 16.7 Å². The zero-order valence-electron chi connectivity index (χ0n) is 14.9. The standard InChI is InChI=1S/C19H22N2O3S2/c1-18(2)10-19(21-17(20-18)25-3)9-12(14-5-4-8-26-14)11-6-7-13(22)15(23)16(11)24-19/h4-8,12,22-23H,9-10H2,1-3H3,(H,20,21). The zero-order chi connectivity index (χ0) is 18.5. The Balaban J connectivity index is 1.88. The zero-order valence-corrected chi connectivity index (χ0v) is 16.6. The normalized spacial score (nSPS) is 26.6. The highest BCUT2D eigenvalue weighted by atomic mass is 32.2. The number of phenols is 2. The van der Waals surface area contributed by atoms with E-state index in [0.717, 1.165) is 10.7 Å². The van der Waals surface area contributed by atoms with Crippen molar-refractivity contribution in [2.24, 2.45) is 4.99 Å². The maximum absolute atomic E-state index is 10.5. The second-order valence-corrected chi connectivity index (χ2v) is 9.25. The van der Waals surface area contributed by atoms with Crippen LogP contribution >= 0.6 is 23.1 Å². The molecule has 4 rings (SSSR count). The number of benzene rings is 1. The molecule has 2 atom stereocenters. The summed E-state index contributed by atoms with van der Waals surface area (Å²) in [7, 11) is 0. The van der Waals surface area contributed by atoms with Gasteiger partial charge < -0.3 is 20.3 Å². The van der Waals surface area contributed by atoms with Gasteiger partial charge in [-0.2, -0.15) is 0 Å². The lowest BCUT2D eigenvalue weighted by Gasteiger charge is -2.47. The van der Waals surface area contributed by atoms with E-state index in [9.17, 15) is 10.2 Å². The Morgan fingerprint density at radius 3 is 2.81 bits per heavy atom. The summed E-state index contributed by atoms with van der Waals surface area (Å²) in [6.07, 6.45) is 3.35. The van der Waals surface area contributed by atoms with Crippen LogP contribution in [0.4, 0.5) is 0 Å². The molecule has 0 radical (unpaired) electrons. The smallest absolute Gasteiger partial charge is 0.206 e. The van der Waals surface area contributed by atoms with Gasteiger partial charge >= 0.3 is 0 Å². The van der Waals surface area contributed by atoms with Gasteiger partial charge in [0.2, 0.25) is 11.5 Å². The van der Waals surface area contributed by atoms with E-state index in [0.29, 0.717) is 18.6 Å². The molecule has 2 unspecified atom stereocenters. The lowest BCUT2D eigenvalue weighted by molar-refractivity contribution is 0.0111. The molecule has 5 nitrogen and oxygen atoms in total. The molecular formula is C19H22N2O3S2. The second-order valence-electron chi connectivity index (χ2n) is 7.48. The predicted molar refractivity (Wildman–Crippen MR) is 107 cm³/mol. The number of ether oxygens (including phenoxy) is 1. The highest BCUT2D eigenvalue weighted by Gasteiger charge is 2.49. The molecule has 0 amide bonds. The topological polar surface area (TPSA) is 74.1 Å². The maximum Gasteiger partial charge on any atom is 0.206 e. The number of aromatic hydroxyl groups is 2. The molecule has 1 aromatic carbocycles. The fourth-order valence-corrected chi connectivity index (χ4v) is 5.39. The third-order valence-corrected chi connectivity index (χ3v) is 6.45. The highest BCUT2D eigenvalue weighted by Crippen LogP contribution is 2.54. The highest BCUT2D eigenvalue weighted by molar-refractivity contribution is 8.13. The molecule has 138 valence electrons. The molecule has 0 saturated carbocycles. The summed E-state index contributed by atoms with van der Waals surface area (Å²) in [5.41, 5.74) is -0.0741. The predicted octanol–water partition coefficient (Wildman–Crippen LogP) is 4.26. The van der Waals surface area contributed by atoms with Crippen LogP contribution in [-0.2, 0) is 0 Å². The second kappa shape index (κ2) is 6.09. The molecule has 2 aliphatic rings. The van der Waals surface area contributed by atoms with Gasteiger partial charge in [-0.05, 0) is 37.6 Å². The van der Waals surface area contributed by atoms with Gasteiger partial charge in [-0.25, -0.2) is 4.99 Å². The summed E-state index contributed by atoms with van der Waals surface area (Å²) in [6.45, 7) is 4.25. The van der Waals surface area contributed by atoms with Crippen molar-refractivity contribution in [1.82, 2.24) is 5.32 Å². The number of fused-ring (bicyclic) bond motifs is 1. The van der Waals surface area contributed by atoms with Gasteiger partial charge in [0.25, 0.3) is 0 Å². The van der Waals surface area contributed by atoms with E-state index < -0.39 is 5.72 Å². The number of thioether (sulfide) groups is 1. The third kappa shape index (κ3) is 2.93. The van der Waals surface area contributed by atoms with Crippen molar-refractivity contribution >= 4 is 28.3 Å². The molecule has 3 N–H and O–H groups in total. The average molecular weight is 391 g/mol. The van der Waals surface area contributed by atoms with Gasteiger partial charge in [-0.3, -0.25) is 0 Å². The van der Waals surface area contributed by atoms with Crippen molar-refractivity contribution in [3.63, 3.8) is 0 Å². The maximum atomic E-state index is 10.5. The Morgan fingerprint density at radius 2 is 2.12 bits per heavy atom. The van der Waals surface area contributed by atoms with Crippen LogP contribution in [0.2, 0.25) is 0 Å². The van der Waals surface area contributed by atoms with Crippen LogP contribution in [0, 0.1) is 0 Å². The third-order valence-electron chi connectivity index (χ3n) is 4.88. The molecule has 3 heterocycles. The Kier molecular flexibility index (Phi) is 4.11. The quantitative estimate of drug-likeness (QED) is 0.635. The molecule has 7 heteroatoms. The number of hydrogen-bond donors (Lipinski definition) is 3. The van der Waals surface area contributed by atoms with Gasteiger partial charge in [0.05, 0.1) is 0 Å². The Hall–Kier alpha value is -1.86. The number of nitrogens with one attached hydrogen (secondary N) is 1. The summed E-state index contributed by atoms with van der Waals surface area (Å²) in [4.78, 5) is 6.08. The van der Waals surface area contributed by atoms with Crippen LogP contribution < -0.4 is 10.1 Å². The van der Waals surface area contributed by atoms with E-state index in [2.05, 4.69) is 30.6 Å². The van der Waals surface area contributed by atoms with E-state index in [4.69, 9.17) is 9.73 Å². The molecule has 0 fully saturated rings. The molecule has 0 bridgehead atoms. The summed E-state index contributed by atoms with van der Waals surface area (Å²) >= 11 is 3.24. The number of rotatable bonds is 1. The Labute approximate surface area is 161 Å². The molecule has 0 saturated heterocycles. The minimum atomic E-state index is -0.778. The summed E-state index contributed by atoms with van der Waals surface area (Å²) in [6, 6.07) is 7.50. The first-order valence-corrected chi connectivity index (χ1v) is 10.6. The lowest BCUT2D eigenvalue weighted by atomic mass is 9.80. The SMILES string of the molecule is CSC1=NC2(CC(c3cccs3)c3ccc(O)c(O)c3O2)CC(C)(C)N1. The fourth-order valence-electron chi connectivity index (χ4n) is 3.91. The Bertz CT molecular complexity index is 864. The van der Waals surface area contributed by atoms with Crippen molar-refractivity contribution < 1.29 is 14.9 Å². The molecule has 1 aromatic heterocycles. The molecule has 2 aliphatic heterocycles. The minimum Gasteiger partial charge on any atom is -0.504 e. The molecular weight excluding hydrogens is 368 g/mol. The summed E-state index contributed by atoms with van der Waals surface area (Å²) in [5, 5.41) is 26.8. The molecule has 2 aromatic rings. The fraction of sp³-hybridized carbons (Fsp3) is 0.421. The number of nitrogens with zero attached hydrogens (tertiary/aromatic N) is 1. The van der Waals surface area contributed by atoms with Gasteiger partial charge in [-0.15, -0.1) is 11.3 Å². The van der Waals surface area contributed by atoms with Crippen LogP contribution in [0.1, 0.15) is 43.0 Å². The van der Waals surface area contributed by atoms with Crippen molar-refractivity contribution in [1.29, 1.82) is 0 Å². The van der Waals surface area contributed by atoms with E-state index in [-0.39, 0.29) is 23.0 Å². The average Bonchev–Trinajstić information content (AvgIpc) is 3.11. The van der Waals surface area contributed by atoms with Crippen molar-refractivity contribution in [3.05, 3.63) is 40.1 Å². The van der Waals surface area contributed by atoms with E-state index in [1.807, 2.05) is 18.4 Å². The van der Waals surface area contributed by atoms with Gasteiger partial charge in [0.1, 0.15) is 0 Å². The van der Waals surface area contributed by atoms with Gasteiger partial charge in [-0.1, -0.05) is 23.9 Å². The van der Waals surface area contributed by atoms with Crippen LogP contribution in [0.25, 0.3) is 0 Å². The van der Waals surface area contributed by atoms with Crippen LogP contribution in [0.3, 0.4) is 0 Å². The van der Waals surface area contributed by atoms with E-state index in [1.165, 1.54) is 10.9 Å². The van der Waals surface area contributed by atoms with Crippen molar-refractivity contribution in [2.75, 3.05) is 6.26 Å². The van der Waals surface area contributed by atoms with Crippen LogP contribution in [0.5, 0.6) is 17.2 Å². The number of thiophene rings is 1. The molecule has 1 spiro atoms. The van der Waals surface area contributed by atoms with E-state index in [1.54, 1.807) is 23.1 Å². The minimum absolute atomic E-state index is 0.0611. The Morgan fingerprint density at radius 1 is 1.31 bits per heavy atom. The molecule has 0 aliphatic carbocycles.